The topological polar surface area (TPSA) is 72.5 Å². The van der Waals surface area contributed by atoms with Crippen LogP contribution in [0.1, 0.15) is 46.5 Å². The van der Waals surface area contributed by atoms with Crippen LogP contribution in [0, 0.1) is 5.92 Å². The maximum Gasteiger partial charge on any atom is 0.328 e. The zero-order chi connectivity index (χ0) is 14.0. The third-order valence-electron chi connectivity index (χ3n) is 2.67. The van der Waals surface area contributed by atoms with Gasteiger partial charge in [0.05, 0.1) is 6.61 Å². The Morgan fingerprint density at radius 2 is 1.94 bits per heavy atom. The van der Waals surface area contributed by atoms with Crippen LogP contribution in [0.4, 0.5) is 0 Å². The van der Waals surface area contributed by atoms with Crippen molar-refractivity contribution >= 4 is 18.2 Å². The molecular weight excluding hydrogens is 234 g/mol. The maximum atomic E-state index is 11.6. The molecule has 5 nitrogen and oxygen atoms in total. The summed E-state index contributed by atoms with van der Waals surface area (Å²) >= 11 is 0. The molecule has 0 unspecified atom stereocenters. The molecule has 0 bridgehead atoms. The minimum Gasteiger partial charge on any atom is -0.464 e. The summed E-state index contributed by atoms with van der Waals surface area (Å²) < 4.78 is 4.91. The molecule has 0 aromatic heterocycles. The predicted molar refractivity (Wildman–Crippen MR) is 67.9 cm³/mol. The van der Waals surface area contributed by atoms with Crippen LogP contribution < -0.4 is 5.32 Å². The maximum absolute atomic E-state index is 11.6. The number of carbonyl (C=O) groups is 3. The highest BCUT2D eigenvalue weighted by Crippen LogP contribution is 2.14. The van der Waals surface area contributed by atoms with Gasteiger partial charge in [0.15, 0.2) is 0 Å². The van der Waals surface area contributed by atoms with Gasteiger partial charge in [-0.1, -0.05) is 6.92 Å². The Balaban J connectivity index is 4.18. The third kappa shape index (κ3) is 7.81. The van der Waals surface area contributed by atoms with E-state index in [9.17, 15) is 14.4 Å². The van der Waals surface area contributed by atoms with Crippen molar-refractivity contribution in [2.45, 2.75) is 52.5 Å². The van der Waals surface area contributed by atoms with Crippen molar-refractivity contribution in [3.05, 3.63) is 0 Å². The van der Waals surface area contributed by atoms with E-state index in [1.54, 1.807) is 6.92 Å². The lowest BCUT2D eigenvalue weighted by Crippen LogP contribution is -2.41. The summed E-state index contributed by atoms with van der Waals surface area (Å²) in [5, 5.41) is 2.59. The second kappa shape index (κ2) is 9.62. The van der Waals surface area contributed by atoms with Crippen LogP contribution in [0.3, 0.4) is 0 Å². The van der Waals surface area contributed by atoms with Gasteiger partial charge in [0.25, 0.3) is 0 Å². The summed E-state index contributed by atoms with van der Waals surface area (Å²) in [7, 11) is 0. The van der Waals surface area contributed by atoms with Crippen molar-refractivity contribution in [2.75, 3.05) is 6.61 Å². The monoisotopic (exact) mass is 257 g/mol. The third-order valence-corrected chi connectivity index (χ3v) is 2.67. The van der Waals surface area contributed by atoms with E-state index < -0.39 is 12.0 Å². The van der Waals surface area contributed by atoms with Crippen molar-refractivity contribution in [3.63, 3.8) is 0 Å². The van der Waals surface area contributed by atoms with Crippen molar-refractivity contribution in [1.29, 1.82) is 0 Å². The molecule has 0 aliphatic carbocycles. The van der Waals surface area contributed by atoms with Gasteiger partial charge in [-0.25, -0.2) is 4.79 Å². The minimum absolute atomic E-state index is 0.242. The summed E-state index contributed by atoms with van der Waals surface area (Å²) in [6, 6.07) is -0.582. The van der Waals surface area contributed by atoms with Gasteiger partial charge >= 0.3 is 5.97 Å². The molecule has 0 aromatic rings. The van der Waals surface area contributed by atoms with E-state index in [0.717, 1.165) is 19.1 Å². The number of rotatable bonds is 9. The molecule has 0 heterocycles. The van der Waals surface area contributed by atoms with Gasteiger partial charge in [0, 0.05) is 13.3 Å². The molecular formula is C13H23NO4. The number of aldehydes is 1. The Bertz CT molecular complexity index is 278. The van der Waals surface area contributed by atoms with E-state index in [2.05, 4.69) is 5.32 Å². The number of esters is 1. The first-order valence-electron chi connectivity index (χ1n) is 6.38. The number of ether oxygens (including phenoxy) is 1. The van der Waals surface area contributed by atoms with E-state index in [1.807, 2.05) is 6.92 Å². The fraction of sp³-hybridized carbons (Fsp3) is 0.769. The SMILES string of the molecule is CCOC(=O)[C@H](CC[C@H](C)CCC=O)NC(C)=O. The quantitative estimate of drug-likeness (QED) is 0.501. The van der Waals surface area contributed by atoms with Crippen LogP contribution in [0.5, 0.6) is 0 Å². The Hall–Kier alpha value is -1.39. The van der Waals surface area contributed by atoms with Crippen LogP contribution in [-0.2, 0) is 19.1 Å². The molecule has 0 spiro atoms. The van der Waals surface area contributed by atoms with Crippen LogP contribution in [-0.4, -0.2) is 30.8 Å². The van der Waals surface area contributed by atoms with Gasteiger partial charge in [-0.15, -0.1) is 0 Å². The second-order valence-electron chi connectivity index (χ2n) is 4.43. The van der Waals surface area contributed by atoms with Gasteiger partial charge in [-0.3, -0.25) is 4.79 Å². The van der Waals surface area contributed by atoms with Gasteiger partial charge in [0.2, 0.25) is 5.91 Å². The normalized spacial score (nSPS) is 13.5. The molecule has 0 saturated heterocycles. The Morgan fingerprint density at radius 1 is 1.28 bits per heavy atom. The van der Waals surface area contributed by atoms with E-state index in [1.165, 1.54) is 6.92 Å². The lowest BCUT2D eigenvalue weighted by molar-refractivity contribution is -0.147. The van der Waals surface area contributed by atoms with E-state index >= 15 is 0 Å². The van der Waals surface area contributed by atoms with E-state index in [4.69, 9.17) is 4.74 Å². The second-order valence-corrected chi connectivity index (χ2v) is 4.43. The highest BCUT2D eigenvalue weighted by molar-refractivity contribution is 5.83. The first-order valence-corrected chi connectivity index (χ1v) is 6.38. The van der Waals surface area contributed by atoms with Gasteiger partial charge in [0.1, 0.15) is 12.3 Å². The molecule has 0 aliphatic rings. The zero-order valence-electron chi connectivity index (χ0n) is 11.4. The molecule has 0 rings (SSSR count). The molecule has 18 heavy (non-hydrogen) atoms. The molecule has 0 fully saturated rings. The Morgan fingerprint density at radius 3 is 2.44 bits per heavy atom. The number of hydrogen-bond acceptors (Lipinski definition) is 4. The molecule has 0 saturated carbocycles. The molecule has 1 amide bonds. The smallest absolute Gasteiger partial charge is 0.328 e. The molecule has 104 valence electrons. The van der Waals surface area contributed by atoms with Crippen molar-refractivity contribution < 1.29 is 19.1 Å². The fourth-order valence-electron chi connectivity index (χ4n) is 1.69. The molecule has 0 radical (unpaired) electrons. The van der Waals surface area contributed by atoms with Crippen LogP contribution in [0.25, 0.3) is 0 Å². The summed E-state index contributed by atoms with van der Waals surface area (Å²) in [6.07, 6.45) is 3.55. The van der Waals surface area contributed by atoms with Crippen LogP contribution in [0.2, 0.25) is 0 Å². The number of hydrogen-bond donors (Lipinski definition) is 1. The Labute approximate surface area is 108 Å². The van der Waals surface area contributed by atoms with Crippen LogP contribution >= 0.6 is 0 Å². The lowest BCUT2D eigenvalue weighted by atomic mass is 9.97. The predicted octanol–water partition coefficient (Wildman–Crippen LogP) is 1.45. The molecule has 5 heteroatoms. The first-order chi connectivity index (χ1) is 8.51. The first kappa shape index (κ1) is 16.6. The summed E-state index contributed by atoms with van der Waals surface area (Å²) in [4.78, 5) is 32.9. The Kier molecular flexibility index (Phi) is 8.88. The van der Waals surface area contributed by atoms with Gasteiger partial charge in [-0.2, -0.15) is 0 Å². The van der Waals surface area contributed by atoms with Crippen molar-refractivity contribution in [2.24, 2.45) is 5.92 Å². The highest BCUT2D eigenvalue weighted by atomic mass is 16.5. The van der Waals surface area contributed by atoms with E-state index in [0.29, 0.717) is 25.4 Å². The molecule has 0 aromatic carbocycles. The average molecular weight is 257 g/mol. The highest BCUT2D eigenvalue weighted by Gasteiger charge is 2.21. The summed E-state index contributed by atoms with van der Waals surface area (Å²) in [5.74, 6) is -0.287. The fourth-order valence-corrected chi connectivity index (χ4v) is 1.69. The zero-order valence-corrected chi connectivity index (χ0v) is 11.4. The molecule has 2 atom stereocenters. The minimum atomic E-state index is -0.582. The number of amides is 1. The summed E-state index contributed by atoms with van der Waals surface area (Å²) in [5.41, 5.74) is 0. The van der Waals surface area contributed by atoms with Crippen LogP contribution in [0.15, 0.2) is 0 Å². The van der Waals surface area contributed by atoms with Crippen molar-refractivity contribution in [3.8, 4) is 0 Å². The molecule has 1 N–H and O–H groups in total. The lowest BCUT2D eigenvalue weighted by Gasteiger charge is -2.18. The van der Waals surface area contributed by atoms with Crippen molar-refractivity contribution in [1.82, 2.24) is 5.32 Å². The molecule has 0 aliphatic heterocycles. The number of nitrogens with one attached hydrogen (secondary N) is 1. The largest absolute Gasteiger partial charge is 0.464 e. The summed E-state index contributed by atoms with van der Waals surface area (Å²) in [6.45, 7) is 5.44. The average Bonchev–Trinajstić information content (AvgIpc) is 2.31. The van der Waals surface area contributed by atoms with E-state index in [-0.39, 0.29) is 5.91 Å². The number of carbonyl (C=O) groups excluding carboxylic acids is 3. The van der Waals surface area contributed by atoms with Gasteiger partial charge in [-0.05, 0) is 32.1 Å². The standard InChI is InChI=1S/C13H23NO4/c1-4-18-13(17)12(14-11(3)16)8-7-10(2)6-5-9-15/h9-10,12H,4-8H2,1-3H3,(H,14,16)/t10-,12+/m1/s1. The van der Waals surface area contributed by atoms with Gasteiger partial charge < -0.3 is 14.8 Å².